The first-order chi connectivity index (χ1) is 12.7. The summed E-state index contributed by atoms with van der Waals surface area (Å²) in [6.07, 6.45) is 2.40. The van der Waals surface area contributed by atoms with Crippen LogP contribution in [0.1, 0.15) is 12.8 Å². The number of anilines is 2. The maximum absolute atomic E-state index is 12.7. The zero-order chi connectivity index (χ0) is 18.4. The van der Waals surface area contributed by atoms with Crippen LogP contribution in [0.3, 0.4) is 0 Å². The van der Waals surface area contributed by atoms with Crippen LogP contribution in [0.15, 0.2) is 77.2 Å². The molecule has 0 saturated carbocycles. The fourth-order valence-electron chi connectivity index (χ4n) is 2.53. The predicted molar refractivity (Wildman–Crippen MR) is 107 cm³/mol. The predicted octanol–water partition coefficient (Wildman–Crippen LogP) is 4.09. The van der Waals surface area contributed by atoms with Gasteiger partial charge in [0.1, 0.15) is 5.71 Å². The molecule has 0 spiro atoms. The largest absolute Gasteiger partial charge is 0.320 e. The molecule has 26 heavy (non-hydrogen) atoms. The fraction of sp³-hybridized carbons (Fsp3) is 0.150. The van der Waals surface area contributed by atoms with Crippen LogP contribution in [0, 0.1) is 0 Å². The molecule has 0 fully saturated rings. The summed E-state index contributed by atoms with van der Waals surface area (Å²) < 4.78 is 0. The van der Waals surface area contributed by atoms with Crippen molar-refractivity contribution in [3.63, 3.8) is 0 Å². The summed E-state index contributed by atoms with van der Waals surface area (Å²) in [5.74, 6) is 0.351. The average Bonchev–Trinajstić information content (AvgIpc) is 2.68. The zero-order valence-corrected chi connectivity index (χ0v) is 15.0. The highest BCUT2D eigenvalue weighted by Crippen LogP contribution is 2.27. The van der Waals surface area contributed by atoms with Crippen LogP contribution in [0.25, 0.3) is 0 Å². The molecule has 1 aliphatic rings. The van der Waals surface area contributed by atoms with E-state index in [1.165, 1.54) is 5.01 Å². The van der Waals surface area contributed by atoms with Crippen molar-refractivity contribution in [3.05, 3.63) is 67.3 Å². The Labute approximate surface area is 156 Å². The van der Waals surface area contributed by atoms with Gasteiger partial charge in [0.05, 0.1) is 11.4 Å². The van der Waals surface area contributed by atoms with Crippen LogP contribution >= 0.6 is 11.8 Å². The molecule has 1 heterocycles. The highest BCUT2D eigenvalue weighted by molar-refractivity contribution is 7.99. The number of thioether (sulfide) groups is 1. The molecule has 0 radical (unpaired) electrons. The van der Waals surface area contributed by atoms with E-state index in [0.717, 1.165) is 16.3 Å². The first-order valence-electron chi connectivity index (χ1n) is 8.28. The molecule has 0 unspecified atom stereocenters. The number of carbonyl (C=O) groups excluding carboxylic acids is 2. The fourth-order valence-corrected chi connectivity index (χ4v) is 3.27. The molecule has 2 aromatic rings. The van der Waals surface area contributed by atoms with Gasteiger partial charge in [0, 0.05) is 23.5 Å². The van der Waals surface area contributed by atoms with Gasteiger partial charge in [-0.2, -0.15) is 5.10 Å². The Balaban J connectivity index is 1.80. The number of hydrazone groups is 1. The third-order valence-electron chi connectivity index (χ3n) is 3.79. The van der Waals surface area contributed by atoms with E-state index in [0.29, 0.717) is 17.8 Å². The SMILES string of the molecule is C=CCSc1ccccc1NC(=O)C1=NN(c2ccccc2)C(=O)CC1. The highest BCUT2D eigenvalue weighted by atomic mass is 32.2. The second kappa shape index (κ2) is 8.49. The van der Waals surface area contributed by atoms with Gasteiger partial charge in [0.25, 0.3) is 5.91 Å². The Kier molecular flexibility index (Phi) is 5.86. The van der Waals surface area contributed by atoms with Gasteiger partial charge in [-0.25, -0.2) is 5.01 Å². The molecular formula is C20H19N3O2S. The van der Waals surface area contributed by atoms with E-state index in [2.05, 4.69) is 17.0 Å². The lowest BCUT2D eigenvalue weighted by atomic mass is 10.1. The second-order valence-electron chi connectivity index (χ2n) is 5.64. The number of carbonyl (C=O) groups is 2. The quantitative estimate of drug-likeness (QED) is 0.620. The lowest BCUT2D eigenvalue weighted by Crippen LogP contribution is -2.36. The monoisotopic (exact) mass is 365 g/mol. The van der Waals surface area contributed by atoms with Gasteiger partial charge in [-0.15, -0.1) is 18.3 Å². The topological polar surface area (TPSA) is 61.8 Å². The van der Waals surface area contributed by atoms with Crippen LogP contribution in [0.5, 0.6) is 0 Å². The molecule has 0 atom stereocenters. The maximum atomic E-state index is 12.7. The summed E-state index contributed by atoms with van der Waals surface area (Å²) in [5.41, 5.74) is 1.73. The van der Waals surface area contributed by atoms with Crippen molar-refractivity contribution in [2.45, 2.75) is 17.7 Å². The second-order valence-corrected chi connectivity index (χ2v) is 6.70. The van der Waals surface area contributed by atoms with Gasteiger partial charge in [0.15, 0.2) is 0 Å². The molecule has 132 valence electrons. The first-order valence-corrected chi connectivity index (χ1v) is 9.27. The van der Waals surface area contributed by atoms with Crippen LogP contribution < -0.4 is 10.3 Å². The molecule has 2 amide bonds. The lowest BCUT2D eigenvalue weighted by Gasteiger charge is -2.23. The average molecular weight is 365 g/mol. The van der Waals surface area contributed by atoms with Gasteiger partial charge < -0.3 is 5.32 Å². The summed E-state index contributed by atoms with van der Waals surface area (Å²) >= 11 is 1.60. The van der Waals surface area contributed by atoms with E-state index in [-0.39, 0.29) is 18.2 Å². The zero-order valence-electron chi connectivity index (χ0n) is 14.2. The van der Waals surface area contributed by atoms with E-state index in [9.17, 15) is 9.59 Å². The molecular weight excluding hydrogens is 346 g/mol. The number of hydrogen-bond acceptors (Lipinski definition) is 4. The summed E-state index contributed by atoms with van der Waals surface area (Å²) in [4.78, 5) is 25.8. The minimum absolute atomic E-state index is 0.116. The molecule has 3 rings (SSSR count). The van der Waals surface area contributed by atoms with Crippen molar-refractivity contribution in [3.8, 4) is 0 Å². The van der Waals surface area contributed by atoms with Crippen LogP contribution in [0.2, 0.25) is 0 Å². The van der Waals surface area contributed by atoms with Gasteiger partial charge in [-0.1, -0.05) is 36.4 Å². The minimum Gasteiger partial charge on any atom is -0.320 e. The van der Waals surface area contributed by atoms with Crippen molar-refractivity contribution in [2.24, 2.45) is 5.10 Å². The van der Waals surface area contributed by atoms with Crippen LogP contribution in [0.4, 0.5) is 11.4 Å². The normalized spacial score (nSPS) is 13.9. The van der Waals surface area contributed by atoms with E-state index < -0.39 is 0 Å². The van der Waals surface area contributed by atoms with E-state index in [4.69, 9.17) is 0 Å². The van der Waals surface area contributed by atoms with E-state index >= 15 is 0 Å². The molecule has 5 nitrogen and oxygen atoms in total. The van der Waals surface area contributed by atoms with Crippen LogP contribution in [-0.4, -0.2) is 23.3 Å². The Hall–Kier alpha value is -2.86. The van der Waals surface area contributed by atoms with Crippen molar-refractivity contribution in [2.75, 3.05) is 16.1 Å². The third-order valence-corrected chi connectivity index (χ3v) is 4.86. The van der Waals surface area contributed by atoms with Crippen LogP contribution in [-0.2, 0) is 9.59 Å². The summed E-state index contributed by atoms with van der Waals surface area (Å²) in [7, 11) is 0. The van der Waals surface area contributed by atoms with Gasteiger partial charge >= 0.3 is 0 Å². The number of amides is 2. The number of para-hydroxylation sites is 2. The molecule has 0 bridgehead atoms. The molecule has 2 aromatic carbocycles. The summed E-state index contributed by atoms with van der Waals surface area (Å²) in [5, 5.41) is 8.50. The highest BCUT2D eigenvalue weighted by Gasteiger charge is 2.25. The van der Waals surface area contributed by atoms with Crippen molar-refractivity contribution in [1.82, 2.24) is 0 Å². The Bertz CT molecular complexity index is 849. The van der Waals surface area contributed by atoms with E-state index in [1.54, 1.807) is 23.9 Å². The molecule has 1 aliphatic heterocycles. The minimum atomic E-state index is -0.287. The van der Waals surface area contributed by atoms with Gasteiger partial charge in [0.2, 0.25) is 5.91 Å². The molecule has 6 heteroatoms. The Morgan fingerprint density at radius 2 is 1.88 bits per heavy atom. The third kappa shape index (κ3) is 4.21. The van der Waals surface area contributed by atoms with Crippen molar-refractivity contribution >= 4 is 40.7 Å². The Morgan fingerprint density at radius 3 is 2.65 bits per heavy atom. The van der Waals surface area contributed by atoms with Crippen molar-refractivity contribution in [1.29, 1.82) is 0 Å². The molecule has 0 saturated heterocycles. The number of benzene rings is 2. The number of hydrogen-bond donors (Lipinski definition) is 1. The first kappa shape index (κ1) is 17.9. The van der Waals surface area contributed by atoms with Crippen molar-refractivity contribution < 1.29 is 9.59 Å². The molecule has 1 N–H and O–H groups in total. The molecule has 0 aliphatic carbocycles. The summed E-state index contributed by atoms with van der Waals surface area (Å²) in [6.45, 7) is 3.72. The number of nitrogens with zero attached hydrogens (tertiary/aromatic N) is 2. The Morgan fingerprint density at radius 1 is 1.15 bits per heavy atom. The van der Waals surface area contributed by atoms with Gasteiger partial charge in [-0.05, 0) is 24.3 Å². The standard InChI is InChI=1S/C20H19N3O2S/c1-2-14-26-18-11-7-6-10-16(18)21-20(25)17-12-13-19(24)23(22-17)15-8-4-3-5-9-15/h2-11H,1,12-14H2,(H,21,25). The summed E-state index contributed by atoms with van der Waals surface area (Å²) in [6, 6.07) is 16.7. The maximum Gasteiger partial charge on any atom is 0.271 e. The number of nitrogens with one attached hydrogen (secondary N) is 1. The molecule has 0 aromatic heterocycles. The number of rotatable bonds is 6. The van der Waals surface area contributed by atoms with Gasteiger partial charge in [-0.3, -0.25) is 9.59 Å². The van der Waals surface area contributed by atoms with E-state index in [1.807, 2.05) is 48.5 Å². The smallest absolute Gasteiger partial charge is 0.271 e. The lowest BCUT2D eigenvalue weighted by molar-refractivity contribution is -0.118.